The van der Waals surface area contributed by atoms with Gasteiger partial charge < -0.3 is 19.7 Å². The van der Waals surface area contributed by atoms with E-state index in [1.54, 1.807) is 29.1 Å². The molecule has 9 nitrogen and oxygen atoms in total. The minimum atomic E-state index is -0.371. The van der Waals surface area contributed by atoms with Gasteiger partial charge in [-0.25, -0.2) is 14.4 Å². The fraction of sp³-hybridized carbons (Fsp3) is 0.487. The first kappa shape index (κ1) is 33.2. The van der Waals surface area contributed by atoms with E-state index in [4.69, 9.17) is 19.5 Å². The largest absolute Gasteiger partial charge is 0.497 e. The lowest BCUT2D eigenvalue weighted by Crippen LogP contribution is -2.57. The maximum atomic E-state index is 14.8. The van der Waals surface area contributed by atoms with Crippen LogP contribution in [0.3, 0.4) is 0 Å². The topological polar surface area (TPSA) is 93.9 Å². The third-order valence-corrected chi connectivity index (χ3v) is 11.3. The summed E-state index contributed by atoms with van der Waals surface area (Å²) >= 11 is 0. The normalized spacial score (nSPS) is 26.3. The zero-order valence-corrected chi connectivity index (χ0v) is 29.3. The molecule has 3 aliphatic carbocycles. The van der Waals surface area contributed by atoms with Crippen LogP contribution in [0, 0.1) is 29.0 Å². The molecule has 3 heterocycles. The number of halogens is 1. The van der Waals surface area contributed by atoms with Crippen molar-refractivity contribution in [3.63, 3.8) is 0 Å². The van der Waals surface area contributed by atoms with Gasteiger partial charge in [-0.1, -0.05) is 26.8 Å². The van der Waals surface area contributed by atoms with Crippen molar-refractivity contribution >= 4 is 22.5 Å². The van der Waals surface area contributed by atoms with Gasteiger partial charge in [0, 0.05) is 49.3 Å². The average molecular weight is 667 g/mol. The minimum Gasteiger partial charge on any atom is -0.497 e. The van der Waals surface area contributed by atoms with Crippen LogP contribution in [0.5, 0.6) is 5.75 Å². The summed E-state index contributed by atoms with van der Waals surface area (Å²) in [5.41, 5.74) is 2.78. The molecule has 2 bridgehead atoms. The van der Waals surface area contributed by atoms with Gasteiger partial charge in [0.15, 0.2) is 5.96 Å². The Hall–Kier alpha value is -4.31. The Balaban J connectivity index is 1.24. The van der Waals surface area contributed by atoms with E-state index in [1.807, 2.05) is 30.3 Å². The van der Waals surface area contributed by atoms with Crippen LogP contribution in [0.4, 0.5) is 10.1 Å². The van der Waals surface area contributed by atoms with E-state index >= 15 is 0 Å². The van der Waals surface area contributed by atoms with Crippen molar-refractivity contribution in [2.24, 2.45) is 28.2 Å². The summed E-state index contributed by atoms with van der Waals surface area (Å²) in [6.07, 6.45) is 6.26. The molecular formula is C39H47FN6O3. The highest BCUT2D eigenvalue weighted by atomic mass is 19.1. The van der Waals surface area contributed by atoms with Crippen LogP contribution in [0.1, 0.15) is 53.0 Å². The van der Waals surface area contributed by atoms with Crippen LogP contribution < -0.4 is 15.6 Å². The monoisotopic (exact) mass is 666 g/mol. The molecule has 4 aromatic rings. The van der Waals surface area contributed by atoms with Crippen molar-refractivity contribution in [2.75, 3.05) is 25.5 Å². The number of benzene rings is 2. The molecular weight excluding hydrogens is 619 g/mol. The molecule has 2 aromatic carbocycles. The van der Waals surface area contributed by atoms with Gasteiger partial charge in [-0.3, -0.25) is 14.3 Å². The molecule has 1 N–H and O–H groups in total. The number of nitrogens with zero attached hydrogens (tertiary/aromatic N) is 5. The molecule has 3 saturated carbocycles. The Kier molecular flexibility index (Phi) is 8.94. The van der Waals surface area contributed by atoms with Gasteiger partial charge in [0.25, 0.3) is 5.56 Å². The minimum absolute atomic E-state index is 0.0806. The first-order valence-electron chi connectivity index (χ1n) is 17.5. The number of anilines is 1. The van der Waals surface area contributed by atoms with E-state index in [0.29, 0.717) is 63.2 Å². The lowest BCUT2D eigenvalue weighted by atomic mass is 9.45. The van der Waals surface area contributed by atoms with Crippen LogP contribution in [-0.2, 0) is 17.7 Å². The molecule has 10 heteroatoms. The number of nitrogens with one attached hydrogen (secondary N) is 1. The Morgan fingerprint density at radius 3 is 2.57 bits per heavy atom. The maximum absolute atomic E-state index is 14.8. The number of aliphatic imine (C=N–C) groups is 1. The second kappa shape index (κ2) is 13.2. The fourth-order valence-corrected chi connectivity index (χ4v) is 8.43. The Labute approximate surface area is 287 Å². The van der Waals surface area contributed by atoms with E-state index in [-0.39, 0.29) is 36.2 Å². The summed E-state index contributed by atoms with van der Waals surface area (Å²) in [5.74, 6) is 3.29. The first-order valence-corrected chi connectivity index (χ1v) is 17.5. The zero-order chi connectivity index (χ0) is 34.4. The molecule has 1 aliphatic heterocycles. The summed E-state index contributed by atoms with van der Waals surface area (Å²) < 4.78 is 27.7. The third-order valence-electron chi connectivity index (χ3n) is 11.3. The molecule has 0 unspecified atom stereocenters. The summed E-state index contributed by atoms with van der Waals surface area (Å²) in [7, 11) is 1.51. The van der Waals surface area contributed by atoms with E-state index in [1.165, 1.54) is 19.6 Å². The number of rotatable bonds is 7. The number of ether oxygens (including phenoxy) is 2. The van der Waals surface area contributed by atoms with Crippen LogP contribution in [0.2, 0.25) is 0 Å². The van der Waals surface area contributed by atoms with E-state index < -0.39 is 0 Å². The van der Waals surface area contributed by atoms with Gasteiger partial charge in [0.05, 0.1) is 36.3 Å². The van der Waals surface area contributed by atoms with Crippen molar-refractivity contribution in [1.29, 1.82) is 0 Å². The lowest BCUT2D eigenvalue weighted by molar-refractivity contribution is -0.108. The smallest absolute Gasteiger partial charge is 0.261 e. The number of pyridine rings is 1. The number of aryl methyl sites for hydroxylation is 1. The third kappa shape index (κ3) is 6.43. The number of hydrogen-bond donors (Lipinski definition) is 1. The maximum Gasteiger partial charge on any atom is 0.261 e. The summed E-state index contributed by atoms with van der Waals surface area (Å²) in [6.45, 7) is 13.1. The SMILES string of the molecule is COc1ccc(CCn2c(-c3cccnc3)nc3cc(NC(=N[C@H]4C[C@@H]5C[C@H]([C@@H]4C)C5(C)C)N4C[C@@H](C)O[C@@H](C)C4)ccc3c2=O)c(F)c1. The van der Waals surface area contributed by atoms with Gasteiger partial charge in [0.2, 0.25) is 0 Å². The molecule has 6 atom stereocenters. The van der Waals surface area contributed by atoms with E-state index in [2.05, 4.69) is 49.8 Å². The van der Waals surface area contributed by atoms with E-state index in [0.717, 1.165) is 31.2 Å². The Morgan fingerprint density at radius 2 is 1.90 bits per heavy atom. The van der Waals surface area contributed by atoms with Crippen molar-refractivity contribution in [3.8, 4) is 17.1 Å². The molecule has 1 saturated heterocycles. The van der Waals surface area contributed by atoms with E-state index in [9.17, 15) is 9.18 Å². The van der Waals surface area contributed by atoms with Gasteiger partial charge >= 0.3 is 0 Å². The van der Waals surface area contributed by atoms with Crippen molar-refractivity contribution in [1.82, 2.24) is 19.4 Å². The van der Waals surface area contributed by atoms with Gasteiger partial charge in [-0.15, -0.1) is 0 Å². The fourth-order valence-electron chi connectivity index (χ4n) is 8.43. The zero-order valence-electron chi connectivity index (χ0n) is 29.3. The summed E-state index contributed by atoms with van der Waals surface area (Å²) in [4.78, 5) is 31.2. The molecule has 0 spiro atoms. The Morgan fingerprint density at radius 1 is 1.10 bits per heavy atom. The quantitative estimate of drug-likeness (QED) is 0.171. The number of guanidine groups is 1. The van der Waals surface area contributed by atoms with Crippen molar-refractivity contribution in [2.45, 2.75) is 78.7 Å². The number of fused-ring (bicyclic) bond motifs is 3. The van der Waals surface area contributed by atoms with Crippen LogP contribution in [0.15, 0.2) is 70.7 Å². The van der Waals surface area contributed by atoms with Gasteiger partial charge in [-0.05, 0) is 98.2 Å². The lowest BCUT2D eigenvalue weighted by Gasteiger charge is -2.61. The number of methoxy groups -OCH3 is 1. The standard InChI is InChI=1S/C39H47FN6O3/c1-23-21-45(22-24(2)49-23)38(44-34-17-28-16-32(25(34)3)39(28,4)5)42-29-10-12-31-35(18-29)43-36(27-8-7-14-41-20-27)46(37(31)47)15-13-26-9-11-30(48-6)19-33(26)40/h7-12,14,18-20,23-25,28,32,34H,13,15-17,21-22H2,1-6H3,(H,42,44)/t23-,24+,25-,28-,32+,34-/m0/s1. The Bertz CT molecular complexity index is 1920. The molecule has 2 aromatic heterocycles. The molecule has 8 rings (SSSR count). The molecule has 49 heavy (non-hydrogen) atoms. The number of hydrogen-bond acceptors (Lipinski definition) is 6. The average Bonchev–Trinajstić information content (AvgIpc) is 3.08. The summed E-state index contributed by atoms with van der Waals surface area (Å²) in [6, 6.07) is 14.4. The highest BCUT2D eigenvalue weighted by Crippen LogP contribution is 2.61. The number of morpholine rings is 1. The predicted molar refractivity (Wildman–Crippen MR) is 191 cm³/mol. The summed E-state index contributed by atoms with van der Waals surface area (Å²) in [5, 5.41) is 4.15. The molecule has 4 fully saturated rings. The van der Waals surface area contributed by atoms with Gasteiger partial charge in [-0.2, -0.15) is 0 Å². The van der Waals surface area contributed by atoms with Gasteiger partial charge in [0.1, 0.15) is 17.4 Å². The molecule has 0 radical (unpaired) electrons. The van der Waals surface area contributed by atoms with Crippen LogP contribution in [-0.4, -0.2) is 63.8 Å². The van der Waals surface area contributed by atoms with Crippen LogP contribution in [0.25, 0.3) is 22.3 Å². The highest BCUT2D eigenvalue weighted by molar-refractivity contribution is 5.96. The van der Waals surface area contributed by atoms with Crippen molar-refractivity contribution < 1.29 is 13.9 Å². The molecule has 0 amide bonds. The number of aromatic nitrogens is 3. The molecule has 258 valence electrons. The van der Waals surface area contributed by atoms with Crippen LogP contribution >= 0.6 is 0 Å². The second-order valence-electron chi connectivity index (χ2n) is 14.8. The van der Waals surface area contributed by atoms with Crippen molar-refractivity contribution in [3.05, 3.63) is 82.7 Å². The second-order valence-corrected chi connectivity index (χ2v) is 14.8. The molecule has 4 aliphatic rings. The first-order chi connectivity index (χ1) is 23.5. The predicted octanol–water partition coefficient (Wildman–Crippen LogP) is 6.80. The highest BCUT2D eigenvalue weighted by Gasteiger charge is 2.56.